The summed E-state index contributed by atoms with van der Waals surface area (Å²) in [4.78, 5) is 0. The largest absolute Gasteiger partial charge is 0.491 e. The van der Waals surface area contributed by atoms with E-state index >= 15 is 0 Å². The maximum atomic E-state index is 5.93. The highest BCUT2D eigenvalue weighted by molar-refractivity contribution is 5.27. The van der Waals surface area contributed by atoms with E-state index in [0.29, 0.717) is 24.7 Å². The molecular formula is C18H29NO2. The van der Waals surface area contributed by atoms with Gasteiger partial charge in [-0.1, -0.05) is 26.0 Å². The van der Waals surface area contributed by atoms with Crippen molar-refractivity contribution in [2.75, 3.05) is 20.3 Å². The Hall–Kier alpha value is -1.06. The highest BCUT2D eigenvalue weighted by Gasteiger charge is 2.26. The third-order valence-corrected chi connectivity index (χ3v) is 4.30. The van der Waals surface area contributed by atoms with Gasteiger partial charge in [0.15, 0.2) is 0 Å². The van der Waals surface area contributed by atoms with Crippen LogP contribution in [0.15, 0.2) is 24.3 Å². The molecule has 0 unspecified atom stereocenters. The Morgan fingerprint density at radius 3 is 2.38 bits per heavy atom. The molecule has 1 saturated carbocycles. The lowest BCUT2D eigenvalue weighted by molar-refractivity contribution is -0.00732. The molecule has 0 bridgehead atoms. The van der Waals surface area contributed by atoms with E-state index in [0.717, 1.165) is 12.3 Å². The molecule has 0 aliphatic heterocycles. The Bertz CT molecular complexity index is 404. The third-order valence-electron chi connectivity index (χ3n) is 4.30. The van der Waals surface area contributed by atoms with Crippen molar-refractivity contribution in [3.63, 3.8) is 0 Å². The lowest BCUT2D eigenvalue weighted by Gasteiger charge is -2.34. The van der Waals surface area contributed by atoms with Crippen LogP contribution >= 0.6 is 0 Å². The van der Waals surface area contributed by atoms with Crippen molar-refractivity contribution in [2.24, 2.45) is 5.41 Å². The van der Waals surface area contributed by atoms with Crippen LogP contribution in [0.2, 0.25) is 0 Å². The molecule has 0 heterocycles. The average Bonchev–Trinajstić information content (AvgIpc) is 2.47. The van der Waals surface area contributed by atoms with Crippen molar-refractivity contribution in [2.45, 2.75) is 52.2 Å². The summed E-state index contributed by atoms with van der Waals surface area (Å²) in [5, 5.41) is 3.14. The normalized spacial score (nSPS) is 18.6. The quantitative estimate of drug-likeness (QED) is 0.776. The molecule has 0 aromatic heterocycles. The van der Waals surface area contributed by atoms with Gasteiger partial charge in [-0.05, 0) is 55.8 Å². The monoisotopic (exact) mass is 291 g/mol. The summed E-state index contributed by atoms with van der Waals surface area (Å²) in [6.07, 6.45) is 5.34. The number of hydrogen-bond donors (Lipinski definition) is 1. The van der Waals surface area contributed by atoms with Gasteiger partial charge in [0.05, 0.1) is 12.7 Å². The number of benzene rings is 1. The van der Waals surface area contributed by atoms with Gasteiger partial charge < -0.3 is 14.8 Å². The molecular weight excluding hydrogens is 262 g/mol. The number of ether oxygens (including phenoxy) is 2. The standard InChI is InChI=1S/C18H29NO2/c1-18(2)10-8-17(9-11-18)21-13-12-20-16-6-4-15(5-7-16)14-19-3/h4-7,17,19H,8-14H2,1-3H3. The summed E-state index contributed by atoms with van der Waals surface area (Å²) < 4.78 is 11.7. The van der Waals surface area contributed by atoms with Gasteiger partial charge in [0.2, 0.25) is 0 Å². The first kappa shape index (κ1) is 16.3. The van der Waals surface area contributed by atoms with Crippen LogP contribution in [-0.4, -0.2) is 26.4 Å². The van der Waals surface area contributed by atoms with E-state index in [2.05, 4.69) is 31.3 Å². The number of nitrogens with one attached hydrogen (secondary N) is 1. The zero-order valence-electron chi connectivity index (χ0n) is 13.7. The maximum absolute atomic E-state index is 5.93. The molecule has 2 rings (SSSR count). The molecule has 1 aromatic rings. The molecule has 21 heavy (non-hydrogen) atoms. The summed E-state index contributed by atoms with van der Waals surface area (Å²) in [7, 11) is 1.95. The minimum Gasteiger partial charge on any atom is -0.491 e. The zero-order valence-corrected chi connectivity index (χ0v) is 13.7. The summed E-state index contributed by atoms with van der Waals surface area (Å²) >= 11 is 0. The molecule has 3 nitrogen and oxygen atoms in total. The molecule has 1 aromatic carbocycles. The summed E-state index contributed by atoms with van der Waals surface area (Å²) in [5.74, 6) is 0.920. The van der Waals surface area contributed by atoms with Gasteiger partial charge in [-0.15, -0.1) is 0 Å². The van der Waals surface area contributed by atoms with Crippen molar-refractivity contribution in [1.29, 1.82) is 0 Å². The fraction of sp³-hybridized carbons (Fsp3) is 0.667. The Balaban J connectivity index is 1.61. The lowest BCUT2D eigenvalue weighted by Crippen LogP contribution is -2.27. The van der Waals surface area contributed by atoms with E-state index in [-0.39, 0.29) is 0 Å². The van der Waals surface area contributed by atoms with E-state index in [4.69, 9.17) is 9.47 Å². The highest BCUT2D eigenvalue weighted by Crippen LogP contribution is 2.36. The van der Waals surface area contributed by atoms with Gasteiger partial charge in [0.1, 0.15) is 12.4 Å². The number of hydrogen-bond acceptors (Lipinski definition) is 3. The van der Waals surface area contributed by atoms with Crippen molar-refractivity contribution >= 4 is 0 Å². The first-order valence-electron chi connectivity index (χ1n) is 8.07. The molecule has 118 valence electrons. The molecule has 0 amide bonds. The Labute approximate surface area is 129 Å². The molecule has 1 aliphatic rings. The van der Waals surface area contributed by atoms with Crippen LogP contribution in [0.25, 0.3) is 0 Å². The van der Waals surface area contributed by atoms with Gasteiger partial charge >= 0.3 is 0 Å². The van der Waals surface area contributed by atoms with E-state index in [9.17, 15) is 0 Å². The highest BCUT2D eigenvalue weighted by atomic mass is 16.5. The van der Waals surface area contributed by atoms with Gasteiger partial charge in [-0.2, -0.15) is 0 Å². The molecule has 3 heteroatoms. The molecule has 0 radical (unpaired) electrons. The van der Waals surface area contributed by atoms with Crippen molar-refractivity contribution in [3.8, 4) is 5.75 Å². The second kappa shape index (κ2) is 7.81. The van der Waals surface area contributed by atoms with Crippen LogP contribution in [0.1, 0.15) is 45.1 Å². The molecule has 1 N–H and O–H groups in total. The second-order valence-corrected chi connectivity index (χ2v) is 6.76. The topological polar surface area (TPSA) is 30.5 Å². The third kappa shape index (κ3) is 5.68. The number of rotatable bonds is 7. The van der Waals surface area contributed by atoms with Crippen LogP contribution in [0, 0.1) is 5.41 Å². The van der Waals surface area contributed by atoms with Crippen LogP contribution in [0.4, 0.5) is 0 Å². The van der Waals surface area contributed by atoms with E-state index in [1.807, 2.05) is 19.2 Å². The van der Waals surface area contributed by atoms with Gasteiger partial charge in [0, 0.05) is 6.54 Å². The van der Waals surface area contributed by atoms with E-state index < -0.39 is 0 Å². The molecule has 0 saturated heterocycles. The Morgan fingerprint density at radius 2 is 1.76 bits per heavy atom. The molecule has 1 fully saturated rings. The van der Waals surface area contributed by atoms with Crippen molar-refractivity contribution < 1.29 is 9.47 Å². The minimum atomic E-state index is 0.430. The van der Waals surface area contributed by atoms with Crippen LogP contribution < -0.4 is 10.1 Å². The van der Waals surface area contributed by atoms with Crippen molar-refractivity contribution in [1.82, 2.24) is 5.32 Å². The predicted molar refractivity (Wildman–Crippen MR) is 86.7 cm³/mol. The predicted octanol–water partition coefficient (Wildman–Crippen LogP) is 3.77. The summed E-state index contributed by atoms with van der Waals surface area (Å²) in [6, 6.07) is 8.23. The Morgan fingerprint density at radius 1 is 1.10 bits per heavy atom. The smallest absolute Gasteiger partial charge is 0.119 e. The Kier molecular flexibility index (Phi) is 6.07. The van der Waals surface area contributed by atoms with E-state index in [1.165, 1.54) is 31.2 Å². The zero-order chi connectivity index (χ0) is 15.1. The fourth-order valence-electron chi connectivity index (χ4n) is 2.82. The van der Waals surface area contributed by atoms with Gasteiger partial charge in [-0.3, -0.25) is 0 Å². The minimum absolute atomic E-state index is 0.430. The SMILES string of the molecule is CNCc1ccc(OCCOC2CCC(C)(C)CC2)cc1. The summed E-state index contributed by atoms with van der Waals surface area (Å²) in [6.45, 7) is 6.91. The van der Waals surface area contributed by atoms with Crippen LogP contribution in [0.5, 0.6) is 5.75 Å². The first-order chi connectivity index (χ1) is 10.1. The van der Waals surface area contributed by atoms with Crippen LogP contribution in [0.3, 0.4) is 0 Å². The first-order valence-corrected chi connectivity index (χ1v) is 8.07. The fourth-order valence-corrected chi connectivity index (χ4v) is 2.82. The second-order valence-electron chi connectivity index (χ2n) is 6.76. The average molecular weight is 291 g/mol. The maximum Gasteiger partial charge on any atom is 0.119 e. The molecule has 0 atom stereocenters. The van der Waals surface area contributed by atoms with Crippen LogP contribution in [-0.2, 0) is 11.3 Å². The van der Waals surface area contributed by atoms with Gasteiger partial charge in [-0.25, -0.2) is 0 Å². The van der Waals surface area contributed by atoms with Gasteiger partial charge in [0.25, 0.3) is 0 Å². The summed E-state index contributed by atoms with van der Waals surface area (Å²) in [5.41, 5.74) is 1.77. The van der Waals surface area contributed by atoms with E-state index in [1.54, 1.807) is 0 Å². The lowest BCUT2D eigenvalue weighted by atomic mass is 9.76. The molecule has 1 aliphatic carbocycles. The van der Waals surface area contributed by atoms with Crippen molar-refractivity contribution in [3.05, 3.63) is 29.8 Å². The molecule has 0 spiro atoms.